The number of nitrogens with one attached hydrogen (secondary N) is 1. The van der Waals surface area contributed by atoms with E-state index in [0.717, 1.165) is 10.6 Å². The molecule has 2 aliphatic heterocycles. The van der Waals surface area contributed by atoms with Crippen molar-refractivity contribution in [3.63, 3.8) is 0 Å². The van der Waals surface area contributed by atoms with Crippen LogP contribution in [-0.4, -0.2) is 107 Å². The van der Waals surface area contributed by atoms with Crippen LogP contribution in [-0.2, 0) is 33.8 Å². The van der Waals surface area contributed by atoms with Gasteiger partial charge in [0.1, 0.15) is 48.4 Å². The van der Waals surface area contributed by atoms with Gasteiger partial charge in [0, 0.05) is 12.3 Å². The van der Waals surface area contributed by atoms with Crippen molar-refractivity contribution in [1.82, 2.24) is 24.5 Å². The lowest BCUT2D eigenvalue weighted by atomic mass is 10.1. The SMILES string of the molecule is NC(N)=NCc1cn(C[C@H]2O[C@@H](OC[C@H]3O[C@@H](Cn4ccc(=O)[nH]c4=O)[C@@H](O)[C@@H]3O)[C@H](O)[C@@H]2O)nn1. The van der Waals surface area contributed by atoms with Crippen LogP contribution in [0, 0.1) is 0 Å². The normalized spacial score (nSPS) is 32.1. The maximum atomic E-state index is 11.9. The van der Waals surface area contributed by atoms with Crippen LogP contribution in [0.15, 0.2) is 33.0 Å². The van der Waals surface area contributed by atoms with Crippen molar-refractivity contribution in [3.8, 4) is 0 Å². The van der Waals surface area contributed by atoms with E-state index >= 15 is 0 Å². The highest BCUT2D eigenvalue weighted by Gasteiger charge is 2.47. The highest BCUT2D eigenvalue weighted by Crippen LogP contribution is 2.27. The molecule has 2 saturated heterocycles. The van der Waals surface area contributed by atoms with Gasteiger partial charge in [-0.05, 0) is 0 Å². The number of ether oxygens (including phenoxy) is 3. The first-order valence-corrected chi connectivity index (χ1v) is 11.0. The zero-order valence-electron chi connectivity index (χ0n) is 18.9. The summed E-state index contributed by atoms with van der Waals surface area (Å²) >= 11 is 0. The zero-order valence-corrected chi connectivity index (χ0v) is 18.9. The van der Waals surface area contributed by atoms with Crippen LogP contribution >= 0.6 is 0 Å². The van der Waals surface area contributed by atoms with Gasteiger partial charge in [0.15, 0.2) is 12.2 Å². The largest absolute Gasteiger partial charge is 0.388 e. The van der Waals surface area contributed by atoms with Gasteiger partial charge in [-0.25, -0.2) is 14.5 Å². The molecule has 0 aromatic carbocycles. The Hall–Kier alpha value is -3.19. The van der Waals surface area contributed by atoms with Crippen molar-refractivity contribution in [1.29, 1.82) is 0 Å². The minimum atomic E-state index is -1.40. The maximum absolute atomic E-state index is 11.9. The third-order valence-corrected chi connectivity index (χ3v) is 5.85. The molecule has 0 spiro atoms. The summed E-state index contributed by atoms with van der Waals surface area (Å²) in [4.78, 5) is 29.0. The summed E-state index contributed by atoms with van der Waals surface area (Å²) in [5, 5.41) is 49.2. The lowest BCUT2D eigenvalue weighted by Gasteiger charge is -2.20. The second kappa shape index (κ2) is 10.8. The average molecular weight is 512 g/mol. The minimum Gasteiger partial charge on any atom is -0.388 e. The quantitative estimate of drug-likeness (QED) is 0.122. The first-order chi connectivity index (χ1) is 17.1. The number of aromatic nitrogens is 5. The van der Waals surface area contributed by atoms with Crippen LogP contribution in [0.1, 0.15) is 5.69 Å². The summed E-state index contributed by atoms with van der Waals surface area (Å²) in [5.74, 6) is -0.0947. The van der Waals surface area contributed by atoms with Gasteiger partial charge in [0.05, 0.1) is 32.4 Å². The molecule has 2 aromatic rings. The van der Waals surface area contributed by atoms with Gasteiger partial charge < -0.3 is 46.1 Å². The number of aliphatic hydroxyl groups is 4. The third-order valence-electron chi connectivity index (χ3n) is 5.85. The molecule has 198 valence electrons. The van der Waals surface area contributed by atoms with E-state index in [4.69, 9.17) is 25.7 Å². The molecule has 0 radical (unpaired) electrons. The zero-order chi connectivity index (χ0) is 26.0. The Morgan fingerprint density at radius 2 is 1.75 bits per heavy atom. The topological polar surface area (TPSA) is 259 Å². The fourth-order valence-corrected chi connectivity index (χ4v) is 3.95. The first-order valence-electron chi connectivity index (χ1n) is 11.0. The van der Waals surface area contributed by atoms with Gasteiger partial charge in [-0.1, -0.05) is 5.21 Å². The number of hydrogen-bond acceptors (Lipinski definition) is 12. The van der Waals surface area contributed by atoms with Crippen LogP contribution in [0.2, 0.25) is 0 Å². The minimum absolute atomic E-state index is 0.0458. The fraction of sp³-hybridized carbons (Fsp3) is 0.632. The molecule has 0 aliphatic carbocycles. The molecular formula is C19H28N8O9. The molecule has 17 nitrogen and oxygen atoms in total. The van der Waals surface area contributed by atoms with Crippen molar-refractivity contribution < 1.29 is 34.6 Å². The summed E-state index contributed by atoms with van der Waals surface area (Å²) in [7, 11) is 0. The van der Waals surface area contributed by atoms with Crippen LogP contribution in [0.4, 0.5) is 0 Å². The molecule has 4 rings (SSSR count). The predicted octanol–water partition coefficient (Wildman–Crippen LogP) is -5.45. The van der Waals surface area contributed by atoms with E-state index in [0.29, 0.717) is 5.69 Å². The van der Waals surface area contributed by atoms with Crippen LogP contribution in [0.3, 0.4) is 0 Å². The van der Waals surface area contributed by atoms with E-state index in [2.05, 4.69) is 20.3 Å². The lowest BCUT2D eigenvalue weighted by molar-refractivity contribution is -0.187. The first kappa shape index (κ1) is 25.9. The molecule has 0 unspecified atom stereocenters. The van der Waals surface area contributed by atoms with Gasteiger partial charge in [-0.3, -0.25) is 14.3 Å². The van der Waals surface area contributed by atoms with E-state index in [9.17, 15) is 30.0 Å². The number of hydrogen-bond donors (Lipinski definition) is 7. The number of aliphatic imine (C=N–C) groups is 1. The molecule has 17 heteroatoms. The maximum Gasteiger partial charge on any atom is 0.328 e. The summed E-state index contributed by atoms with van der Waals surface area (Å²) in [6, 6.07) is 1.14. The van der Waals surface area contributed by atoms with Crippen molar-refractivity contribution >= 4 is 5.96 Å². The highest BCUT2D eigenvalue weighted by atomic mass is 16.7. The second-order valence-corrected chi connectivity index (χ2v) is 8.49. The predicted molar refractivity (Wildman–Crippen MR) is 118 cm³/mol. The standard InChI is InChI=1S/C19H28N8O9/c20-18(21)22-3-8-4-27(25-24-8)6-10-14(30)16(32)17(36-10)34-7-11-15(31)13(29)9(35-11)5-26-2-1-12(28)23-19(26)33/h1-2,4,9-11,13-17,29-32H,3,5-7H2,(H4,20,21,22)(H,23,28,33)/t9-,10+,11+,13+,14+,15+,16+,17+/m0/s1. The summed E-state index contributed by atoms with van der Waals surface area (Å²) in [6.45, 7) is -0.249. The van der Waals surface area contributed by atoms with Gasteiger partial charge >= 0.3 is 5.69 Å². The number of guanidine groups is 1. The Kier molecular flexibility index (Phi) is 7.79. The van der Waals surface area contributed by atoms with Crippen molar-refractivity contribution in [2.75, 3.05) is 6.61 Å². The molecule has 2 aliphatic rings. The molecule has 36 heavy (non-hydrogen) atoms. The molecule has 4 heterocycles. The fourth-order valence-electron chi connectivity index (χ4n) is 3.95. The smallest absolute Gasteiger partial charge is 0.328 e. The van der Waals surface area contributed by atoms with E-state index in [1.807, 2.05) is 0 Å². The molecule has 8 atom stereocenters. The highest BCUT2D eigenvalue weighted by molar-refractivity contribution is 5.75. The van der Waals surface area contributed by atoms with E-state index in [-0.39, 0.29) is 32.2 Å². The van der Waals surface area contributed by atoms with Crippen LogP contribution in [0.5, 0.6) is 0 Å². The molecule has 0 bridgehead atoms. The van der Waals surface area contributed by atoms with Gasteiger partial charge in [-0.15, -0.1) is 5.10 Å². The number of H-pyrrole nitrogens is 1. The molecule has 0 amide bonds. The van der Waals surface area contributed by atoms with Crippen molar-refractivity contribution in [2.45, 2.75) is 68.7 Å². The number of nitrogens with zero attached hydrogens (tertiary/aromatic N) is 5. The Balaban J connectivity index is 1.30. The molecule has 9 N–H and O–H groups in total. The van der Waals surface area contributed by atoms with E-state index in [1.165, 1.54) is 10.9 Å². The molecule has 2 fully saturated rings. The Bertz CT molecular complexity index is 1180. The third kappa shape index (κ3) is 5.78. The summed E-state index contributed by atoms with van der Waals surface area (Å²) in [6.07, 6.45) is -6.71. The van der Waals surface area contributed by atoms with Crippen LogP contribution in [0.25, 0.3) is 0 Å². The monoisotopic (exact) mass is 512 g/mol. The molecule has 2 aromatic heterocycles. The second-order valence-electron chi connectivity index (χ2n) is 8.49. The summed E-state index contributed by atoms with van der Waals surface area (Å²) < 4.78 is 19.3. The van der Waals surface area contributed by atoms with Gasteiger partial charge in [-0.2, -0.15) is 0 Å². The lowest BCUT2D eigenvalue weighted by Crippen LogP contribution is -2.39. The van der Waals surface area contributed by atoms with E-state index < -0.39 is 60.3 Å². The average Bonchev–Trinajstić information content (AvgIpc) is 3.47. The Labute approximate surface area is 202 Å². The number of nitrogens with two attached hydrogens (primary N) is 2. The Morgan fingerprint density at radius 1 is 1.06 bits per heavy atom. The van der Waals surface area contributed by atoms with Crippen molar-refractivity contribution in [3.05, 3.63) is 45.0 Å². The van der Waals surface area contributed by atoms with Gasteiger partial charge in [0.2, 0.25) is 0 Å². The summed E-state index contributed by atoms with van der Waals surface area (Å²) in [5.41, 5.74) is 9.79. The number of rotatable bonds is 9. The van der Waals surface area contributed by atoms with Gasteiger partial charge in [0.25, 0.3) is 5.56 Å². The van der Waals surface area contributed by atoms with E-state index in [1.54, 1.807) is 6.20 Å². The van der Waals surface area contributed by atoms with Crippen LogP contribution < -0.4 is 22.7 Å². The number of aromatic amines is 1. The molecular weight excluding hydrogens is 484 g/mol. The molecule has 0 saturated carbocycles. The number of aliphatic hydroxyl groups excluding tert-OH is 4. The Morgan fingerprint density at radius 3 is 2.47 bits per heavy atom. The van der Waals surface area contributed by atoms with Crippen molar-refractivity contribution in [2.24, 2.45) is 16.5 Å².